The summed E-state index contributed by atoms with van der Waals surface area (Å²) in [5.41, 5.74) is 11.1. The SMILES string of the molecule is CCC(=Cc1ccc2c(c1)CCN2C)CN. The first-order valence-electron chi connectivity index (χ1n) is 5.98. The van der Waals surface area contributed by atoms with E-state index in [-0.39, 0.29) is 0 Å². The van der Waals surface area contributed by atoms with Crippen LogP contribution >= 0.6 is 0 Å². The highest BCUT2D eigenvalue weighted by Gasteiger charge is 2.14. The molecule has 1 aromatic rings. The van der Waals surface area contributed by atoms with Gasteiger partial charge in [0.1, 0.15) is 0 Å². The molecule has 0 radical (unpaired) electrons. The van der Waals surface area contributed by atoms with Crippen LogP contribution in [0, 0.1) is 0 Å². The molecule has 0 aliphatic carbocycles. The third-order valence-corrected chi connectivity index (χ3v) is 3.32. The summed E-state index contributed by atoms with van der Waals surface area (Å²) in [6.45, 7) is 3.95. The van der Waals surface area contributed by atoms with Gasteiger partial charge in [-0.2, -0.15) is 0 Å². The molecule has 0 saturated heterocycles. The molecule has 1 aliphatic rings. The van der Waals surface area contributed by atoms with E-state index in [1.165, 1.54) is 22.4 Å². The van der Waals surface area contributed by atoms with Gasteiger partial charge in [-0.3, -0.25) is 0 Å². The van der Waals surface area contributed by atoms with Gasteiger partial charge in [0.05, 0.1) is 0 Å². The van der Waals surface area contributed by atoms with E-state index in [0.29, 0.717) is 6.54 Å². The first-order chi connectivity index (χ1) is 7.74. The van der Waals surface area contributed by atoms with E-state index in [1.807, 2.05) is 0 Å². The Balaban J connectivity index is 2.29. The van der Waals surface area contributed by atoms with Gasteiger partial charge in [0.25, 0.3) is 0 Å². The molecule has 1 aliphatic heterocycles. The summed E-state index contributed by atoms with van der Waals surface area (Å²) in [6, 6.07) is 6.70. The minimum atomic E-state index is 0.660. The third kappa shape index (κ3) is 2.12. The lowest BCUT2D eigenvalue weighted by molar-refractivity contribution is 0.956. The molecule has 16 heavy (non-hydrogen) atoms. The minimum Gasteiger partial charge on any atom is -0.374 e. The summed E-state index contributed by atoms with van der Waals surface area (Å²) in [5.74, 6) is 0. The topological polar surface area (TPSA) is 29.3 Å². The van der Waals surface area contributed by atoms with Crippen molar-refractivity contribution >= 4 is 11.8 Å². The predicted molar refractivity (Wildman–Crippen MR) is 70.7 cm³/mol. The smallest absolute Gasteiger partial charge is 0.0397 e. The first kappa shape index (κ1) is 11.2. The van der Waals surface area contributed by atoms with Crippen LogP contribution in [0.5, 0.6) is 0 Å². The Hall–Kier alpha value is -1.28. The van der Waals surface area contributed by atoms with Gasteiger partial charge in [0.2, 0.25) is 0 Å². The number of rotatable bonds is 3. The lowest BCUT2D eigenvalue weighted by Crippen LogP contribution is -2.12. The fraction of sp³-hybridized carbons (Fsp3) is 0.429. The van der Waals surface area contributed by atoms with E-state index in [9.17, 15) is 0 Å². The second-order valence-electron chi connectivity index (χ2n) is 4.42. The summed E-state index contributed by atoms with van der Waals surface area (Å²) in [5, 5.41) is 0. The van der Waals surface area contributed by atoms with Crippen LogP contribution in [0.25, 0.3) is 6.08 Å². The normalized spacial score (nSPS) is 15.4. The lowest BCUT2D eigenvalue weighted by Gasteiger charge is -2.11. The fourth-order valence-corrected chi connectivity index (χ4v) is 2.22. The van der Waals surface area contributed by atoms with Crippen molar-refractivity contribution < 1.29 is 0 Å². The van der Waals surface area contributed by atoms with Gasteiger partial charge in [0.15, 0.2) is 0 Å². The molecule has 0 bridgehead atoms. The van der Waals surface area contributed by atoms with Crippen molar-refractivity contribution in [1.29, 1.82) is 0 Å². The maximum atomic E-state index is 5.69. The molecule has 0 atom stereocenters. The van der Waals surface area contributed by atoms with E-state index in [1.54, 1.807) is 0 Å². The number of nitrogens with zero attached hydrogens (tertiary/aromatic N) is 1. The molecule has 2 N–H and O–H groups in total. The molecule has 1 aromatic carbocycles. The number of fused-ring (bicyclic) bond motifs is 1. The molecule has 0 fully saturated rings. The highest BCUT2D eigenvalue weighted by atomic mass is 15.1. The molecule has 0 saturated carbocycles. The zero-order valence-electron chi connectivity index (χ0n) is 10.2. The summed E-state index contributed by atoms with van der Waals surface area (Å²) in [6.07, 6.45) is 4.42. The molecule has 2 heteroatoms. The van der Waals surface area contributed by atoms with Gasteiger partial charge in [-0.15, -0.1) is 0 Å². The van der Waals surface area contributed by atoms with Gasteiger partial charge in [0, 0.05) is 25.8 Å². The van der Waals surface area contributed by atoms with Crippen molar-refractivity contribution in [2.45, 2.75) is 19.8 Å². The van der Waals surface area contributed by atoms with E-state index in [4.69, 9.17) is 5.73 Å². The van der Waals surface area contributed by atoms with E-state index >= 15 is 0 Å². The Morgan fingerprint density at radius 1 is 1.50 bits per heavy atom. The zero-order valence-corrected chi connectivity index (χ0v) is 10.2. The standard InChI is InChI=1S/C14H20N2/c1-3-11(10-15)8-12-4-5-14-13(9-12)6-7-16(14)2/h4-5,8-9H,3,6-7,10,15H2,1-2H3. The minimum absolute atomic E-state index is 0.660. The highest BCUT2D eigenvalue weighted by molar-refractivity contribution is 5.64. The second kappa shape index (κ2) is 4.71. The van der Waals surface area contributed by atoms with Gasteiger partial charge < -0.3 is 10.6 Å². The molecule has 0 spiro atoms. The molecule has 0 unspecified atom stereocenters. The Morgan fingerprint density at radius 2 is 2.31 bits per heavy atom. The highest BCUT2D eigenvalue weighted by Crippen LogP contribution is 2.28. The van der Waals surface area contributed by atoms with Crippen LogP contribution in [0.1, 0.15) is 24.5 Å². The first-order valence-corrected chi connectivity index (χ1v) is 5.98. The number of likely N-dealkylation sites (N-methyl/N-ethyl adjacent to an activating group) is 1. The number of hydrogen-bond acceptors (Lipinski definition) is 2. The van der Waals surface area contributed by atoms with Crippen LogP contribution in [0.15, 0.2) is 23.8 Å². The summed E-state index contributed by atoms with van der Waals surface area (Å²) >= 11 is 0. The average Bonchev–Trinajstić information content (AvgIpc) is 2.68. The number of benzene rings is 1. The summed E-state index contributed by atoms with van der Waals surface area (Å²) in [7, 11) is 2.15. The third-order valence-electron chi connectivity index (χ3n) is 3.32. The largest absolute Gasteiger partial charge is 0.374 e. The summed E-state index contributed by atoms with van der Waals surface area (Å²) in [4.78, 5) is 2.31. The maximum absolute atomic E-state index is 5.69. The Kier molecular flexibility index (Phi) is 3.30. The van der Waals surface area contributed by atoms with Crippen molar-refractivity contribution in [3.63, 3.8) is 0 Å². The molecule has 2 rings (SSSR count). The molecule has 2 nitrogen and oxygen atoms in total. The van der Waals surface area contributed by atoms with Gasteiger partial charge >= 0.3 is 0 Å². The molecular weight excluding hydrogens is 196 g/mol. The number of anilines is 1. The molecule has 0 amide bonds. The van der Waals surface area contributed by atoms with Crippen LogP contribution in [-0.4, -0.2) is 20.1 Å². The zero-order chi connectivity index (χ0) is 11.5. The Bertz CT molecular complexity index is 401. The van der Waals surface area contributed by atoms with E-state index < -0.39 is 0 Å². The Morgan fingerprint density at radius 3 is 3.00 bits per heavy atom. The van der Waals surface area contributed by atoms with Crippen molar-refractivity contribution in [3.8, 4) is 0 Å². The molecule has 1 heterocycles. The van der Waals surface area contributed by atoms with Crippen molar-refractivity contribution in [3.05, 3.63) is 34.9 Å². The monoisotopic (exact) mass is 216 g/mol. The maximum Gasteiger partial charge on any atom is 0.0397 e. The lowest BCUT2D eigenvalue weighted by atomic mass is 10.0. The van der Waals surface area contributed by atoms with E-state index in [0.717, 1.165) is 19.4 Å². The quantitative estimate of drug-likeness (QED) is 0.841. The number of nitrogens with two attached hydrogens (primary N) is 1. The van der Waals surface area contributed by atoms with Crippen molar-refractivity contribution in [2.75, 3.05) is 25.0 Å². The van der Waals surface area contributed by atoms with Crippen LogP contribution in [0.2, 0.25) is 0 Å². The number of hydrogen-bond donors (Lipinski definition) is 1. The van der Waals surface area contributed by atoms with Crippen molar-refractivity contribution in [1.82, 2.24) is 0 Å². The van der Waals surface area contributed by atoms with Crippen LogP contribution in [-0.2, 0) is 6.42 Å². The van der Waals surface area contributed by atoms with Crippen LogP contribution in [0.3, 0.4) is 0 Å². The van der Waals surface area contributed by atoms with Gasteiger partial charge in [-0.1, -0.05) is 24.6 Å². The van der Waals surface area contributed by atoms with Gasteiger partial charge in [-0.05, 0) is 36.1 Å². The summed E-state index contributed by atoms with van der Waals surface area (Å²) < 4.78 is 0. The molecular formula is C14H20N2. The second-order valence-corrected chi connectivity index (χ2v) is 4.42. The fourth-order valence-electron chi connectivity index (χ4n) is 2.22. The molecule has 86 valence electrons. The average molecular weight is 216 g/mol. The Labute approximate surface area is 97.8 Å². The van der Waals surface area contributed by atoms with E-state index in [2.05, 4.69) is 43.1 Å². The van der Waals surface area contributed by atoms with Gasteiger partial charge in [-0.25, -0.2) is 0 Å². The van der Waals surface area contributed by atoms with Crippen molar-refractivity contribution in [2.24, 2.45) is 5.73 Å². The predicted octanol–water partition coefficient (Wildman–Crippen LogP) is 2.43. The van der Waals surface area contributed by atoms with Crippen LogP contribution < -0.4 is 10.6 Å². The van der Waals surface area contributed by atoms with Crippen LogP contribution in [0.4, 0.5) is 5.69 Å². The molecule has 0 aromatic heterocycles.